The van der Waals surface area contributed by atoms with Gasteiger partial charge in [0.15, 0.2) is 0 Å². The smallest absolute Gasteiger partial charge is 0.253 e. The summed E-state index contributed by atoms with van der Waals surface area (Å²) >= 11 is 3.42. The van der Waals surface area contributed by atoms with Gasteiger partial charge in [0.2, 0.25) is 5.91 Å². The van der Waals surface area contributed by atoms with Gasteiger partial charge in [-0.15, -0.1) is 11.8 Å². The van der Waals surface area contributed by atoms with Crippen molar-refractivity contribution >= 4 is 41.0 Å². The van der Waals surface area contributed by atoms with Crippen molar-refractivity contribution in [1.29, 1.82) is 0 Å². The fourth-order valence-electron chi connectivity index (χ4n) is 2.35. The number of carbonyl (C=O) groups is 2. The number of rotatable bonds is 1. The molecule has 1 fully saturated rings. The van der Waals surface area contributed by atoms with Crippen LogP contribution in [-0.2, 0) is 4.79 Å². The number of hydrogen-bond acceptors (Lipinski definition) is 4. The molecule has 1 N–H and O–H groups in total. The van der Waals surface area contributed by atoms with E-state index in [4.69, 9.17) is 0 Å². The van der Waals surface area contributed by atoms with E-state index >= 15 is 0 Å². The lowest BCUT2D eigenvalue weighted by Crippen LogP contribution is -2.33. The highest BCUT2D eigenvalue weighted by molar-refractivity contribution is 8.00. The van der Waals surface area contributed by atoms with Crippen LogP contribution in [0.4, 0.5) is 5.69 Å². The number of thioether (sulfide) groups is 2. The zero-order chi connectivity index (χ0) is 13.9. The Balaban J connectivity index is 1.81. The number of nitrogens with one attached hydrogen (secondary N) is 1. The number of benzene rings is 1. The molecule has 0 aromatic heterocycles. The predicted molar refractivity (Wildman–Crippen MR) is 83.6 cm³/mol. The SMILES string of the molecule is O=C1CSc2ccc(C(=O)N3CCCSCC3)cc2N1. The van der Waals surface area contributed by atoms with Crippen LogP contribution in [-0.4, -0.2) is 47.1 Å². The summed E-state index contributed by atoms with van der Waals surface area (Å²) in [6.45, 7) is 1.63. The zero-order valence-corrected chi connectivity index (χ0v) is 12.7. The maximum Gasteiger partial charge on any atom is 0.253 e. The molecule has 20 heavy (non-hydrogen) atoms. The number of hydrogen-bond donors (Lipinski definition) is 1. The average Bonchev–Trinajstić information content (AvgIpc) is 2.74. The average molecular weight is 308 g/mol. The predicted octanol–water partition coefficient (Wildman–Crippen LogP) is 2.31. The Bertz CT molecular complexity index is 540. The standard InChI is InChI=1S/C14H16N2O2S2/c17-13-9-20-12-3-2-10(8-11(12)15-13)14(18)16-4-1-6-19-7-5-16/h2-3,8H,1,4-7,9H2,(H,15,17). The largest absolute Gasteiger partial charge is 0.338 e. The van der Waals surface area contributed by atoms with Gasteiger partial charge in [-0.25, -0.2) is 0 Å². The van der Waals surface area contributed by atoms with Crippen molar-refractivity contribution in [1.82, 2.24) is 4.90 Å². The molecule has 3 rings (SSSR count). The monoisotopic (exact) mass is 308 g/mol. The number of fused-ring (bicyclic) bond motifs is 1. The van der Waals surface area contributed by atoms with Gasteiger partial charge in [-0.05, 0) is 30.4 Å². The maximum absolute atomic E-state index is 12.5. The van der Waals surface area contributed by atoms with E-state index in [1.165, 1.54) is 11.8 Å². The van der Waals surface area contributed by atoms with Crippen LogP contribution in [0.2, 0.25) is 0 Å². The second-order valence-corrected chi connectivity index (χ2v) is 7.05. The molecule has 0 saturated carbocycles. The van der Waals surface area contributed by atoms with Crippen molar-refractivity contribution in [3.63, 3.8) is 0 Å². The molecule has 2 aliphatic rings. The van der Waals surface area contributed by atoms with Gasteiger partial charge in [-0.2, -0.15) is 11.8 Å². The molecule has 0 unspecified atom stereocenters. The van der Waals surface area contributed by atoms with Crippen molar-refractivity contribution in [2.24, 2.45) is 0 Å². The van der Waals surface area contributed by atoms with Crippen molar-refractivity contribution in [3.8, 4) is 0 Å². The topological polar surface area (TPSA) is 49.4 Å². The highest BCUT2D eigenvalue weighted by Gasteiger charge is 2.21. The summed E-state index contributed by atoms with van der Waals surface area (Å²) in [5.41, 5.74) is 1.43. The second-order valence-electron chi connectivity index (χ2n) is 4.81. The van der Waals surface area contributed by atoms with Gasteiger partial charge in [0.25, 0.3) is 5.91 Å². The van der Waals surface area contributed by atoms with Crippen LogP contribution in [0, 0.1) is 0 Å². The minimum Gasteiger partial charge on any atom is -0.338 e. The summed E-state index contributed by atoms with van der Waals surface area (Å²) < 4.78 is 0. The summed E-state index contributed by atoms with van der Waals surface area (Å²) in [4.78, 5) is 26.9. The third-order valence-corrected chi connectivity index (χ3v) is 5.49. The molecule has 2 amide bonds. The first-order chi connectivity index (χ1) is 9.74. The molecule has 0 atom stereocenters. The quantitative estimate of drug-likeness (QED) is 0.865. The molecular weight excluding hydrogens is 292 g/mol. The Kier molecular flexibility index (Phi) is 4.21. The van der Waals surface area contributed by atoms with Crippen LogP contribution < -0.4 is 5.32 Å². The van der Waals surface area contributed by atoms with Crippen molar-refractivity contribution in [3.05, 3.63) is 23.8 Å². The third kappa shape index (κ3) is 2.96. The van der Waals surface area contributed by atoms with Crippen LogP contribution >= 0.6 is 23.5 Å². The Morgan fingerprint density at radius 2 is 2.15 bits per heavy atom. The Hall–Kier alpha value is -1.14. The third-order valence-electron chi connectivity index (χ3n) is 3.37. The molecule has 0 radical (unpaired) electrons. The molecular formula is C14H16N2O2S2. The van der Waals surface area contributed by atoms with Crippen molar-refractivity contribution in [2.75, 3.05) is 35.7 Å². The van der Waals surface area contributed by atoms with Gasteiger partial charge in [0.1, 0.15) is 0 Å². The van der Waals surface area contributed by atoms with Gasteiger partial charge < -0.3 is 10.2 Å². The molecule has 2 aliphatic heterocycles. The van der Waals surface area contributed by atoms with E-state index in [1.54, 1.807) is 6.07 Å². The number of anilines is 1. The Morgan fingerprint density at radius 1 is 1.25 bits per heavy atom. The molecule has 6 heteroatoms. The summed E-state index contributed by atoms with van der Waals surface area (Å²) in [6.07, 6.45) is 1.05. The number of amides is 2. The highest BCUT2D eigenvalue weighted by atomic mass is 32.2. The molecule has 1 aromatic rings. The molecule has 0 aliphatic carbocycles. The van der Waals surface area contributed by atoms with E-state index in [0.717, 1.165) is 41.6 Å². The van der Waals surface area contributed by atoms with Gasteiger partial charge in [-0.1, -0.05) is 0 Å². The van der Waals surface area contributed by atoms with Gasteiger partial charge in [0, 0.05) is 29.3 Å². The molecule has 1 saturated heterocycles. The van der Waals surface area contributed by atoms with E-state index in [1.807, 2.05) is 28.8 Å². The van der Waals surface area contributed by atoms with Gasteiger partial charge in [0.05, 0.1) is 11.4 Å². The lowest BCUT2D eigenvalue weighted by atomic mass is 10.1. The Labute approximate surface area is 126 Å². The first-order valence-corrected chi connectivity index (χ1v) is 8.82. The molecule has 2 heterocycles. The van der Waals surface area contributed by atoms with Crippen LogP contribution in [0.3, 0.4) is 0 Å². The normalized spacial score (nSPS) is 19.0. The second kappa shape index (κ2) is 6.10. The lowest BCUT2D eigenvalue weighted by molar-refractivity contribution is -0.113. The fraction of sp³-hybridized carbons (Fsp3) is 0.429. The molecule has 106 valence electrons. The van der Waals surface area contributed by atoms with Gasteiger partial charge >= 0.3 is 0 Å². The maximum atomic E-state index is 12.5. The fourth-order valence-corrected chi connectivity index (χ4v) is 4.02. The van der Waals surface area contributed by atoms with Crippen LogP contribution in [0.15, 0.2) is 23.1 Å². The Morgan fingerprint density at radius 3 is 3.05 bits per heavy atom. The number of carbonyl (C=O) groups excluding carboxylic acids is 2. The molecule has 0 bridgehead atoms. The minimum absolute atomic E-state index is 0.00160. The molecule has 0 spiro atoms. The van der Waals surface area contributed by atoms with Crippen molar-refractivity contribution in [2.45, 2.75) is 11.3 Å². The van der Waals surface area contributed by atoms with Crippen LogP contribution in [0.25, 0.3) is 0 Å². The first kappa shape index (κ1) is 13.8. The van der Waals surface area contributed by atoms with Crippen LogP contribution in [0.5, 0.6) is 0 Å². The van der Waals surface area contributed by atoms with E-state index in [-0.39, 0.29) is 11.8 Å². The summed E-state index contributed by atoms with van der Waals surface area (Å²) in [6, 6.07) is 5.60. The van der Waals surface area contributed by atoms with E-state index in [9.17, 15) is 9.59 Å². The first-order valence-electron chi connectivity index (χ1n) is 6.68. The summed E-state index contributed by atoms with van der Waals surface area (Å²) in [5.74, 6) is 2.64. The molecule has 4 nitrogen and oxygen atoms in total. The molecule has 1 aromatic carbocycles. The van der Waals surface area contributed by atoms with E-state index < -0.39 is 0 Å². The van der Waals surface area contributed by atoms with Crippen LogP contribution in [0.1, 0.15) is 16.8 Å². The summed E-state index contributed by atoms with van der Waals surface area (Å²) in [5, 5.41) is 2.84. The van der Waals surface area contributed by atoms with Crippen molar-refractivity contribution < 1.29 is 9.59 Å². The highest BCUT2D eigenvalue weighted by Crippen LogP contribution is 2.32. The minimum atomic E-state index is -0.00160. The summed E-state index contributed by atoms with van der Waals surface area (Å²) in [7, 11) is 0. The lowest BCUT2D eigenvalue weighted by Gasteiger charge is -2.22. The zero-order valence-electron chi connectivity index (χ0n) is 11.1. The number of nitrogens with zero attached hydrogens (tertiary/aromatic N) is 1. The van der Waals surface area contributed by atoms with Gasteiger partial charge in [-0.3, -0.25) is 9.59 Å². The van der Waals surface area contributed by atoms with E-state index in [0.29, 0.717) is 11.3 Å². The van der Waals surface area contributed by atoms with E-state index in [2.05, 4.69) is 5.32 Å².